The molecule has 18 heavy (non-hydrogen) atoms. The molecule has 0 unspecified atom stereocenters. The molecule has 0 radical (unpaired) electrons. The van der Waals surface area contributed by atoms with E-state index in [1.54, 1.807) is 13.2 Å². The van der Waals surface area contributed by atoms with Crippen LogP contribution < -0.4 is 10.9 Å². The Hall–Kier alpha value is -2.25. The summed E-state index contributed by atoms with van der Waals surface area (Å²) in [6.45, 7) is 3.10. The minimum absolute atomic E-state index is 0.191. The third-order valence-electron chi connectivity index (χ3n) is 2.29. The normalized spacial score (nSPS) is 10.6. The zero-order chi connectivity index (χ0) is 13.0. The van der Waals surface area contributed by atoms with E-state index in [0.717, 1.165) is 18.7 Å². The molecule has 0 aromatic carbocycles. The molecule has 0 spiro atoms. The highest BCUT2D eigenvalue weighted by Gasteiger charge is 2.05. The van der Waals surface area contributed by atoms with Crippen LogP contribution in [0.3, 0.4) is 0 Å². The molecule has 0 saturated carbocycles. The largest absolute Gasteiger partial charge is 0.384 e. The Balaban J connectivity index is 2.12. The van der Waals surface area contributed by atoms with Crippen LogP contribution in [0.5, 0.6) is 0 Å². The molecule has 0 aliphatic rings. The van der Waals surface area contributed by atoms with Crippen molar-refractivity contribution in [2.24, 2.45) is 7.05 Å². The van der Waals surface area contributed by atoms with Gasteiger partial charge in [0.15, 0.2) is 5.82 Å². The topological polar surface area (TPSA) is 90.5 Å². The van der Waals surface area contributed by atoms with Crippen LogP contribution in [0.4, 0.5) is 5.69 Å². The minimum Gasteiger partial charge on any atom is -0.384 e. The average Bonchev–Trinajstić information content (AvgIpc) is 2.75. The molecule has 0 fully saturated rings. The van der Waals surface area contributed by atoms with Crippen LogP contribution >= 0.6 is 0 Å². The molecule has 2 aromatic rings. The van der Waals surface area contributed by atoms with E-state index in [-0.39, 0.29) is 12.1 Å². The molecule has 2 aromatic heterocycles. The van der Waals surface area contributed by atoms with Crippen LogP contribution in [-0.4, -0.2) is 36.5 Å². The van der Waals surface area contributed by atoms with Crippen molar-refractivity contribution in [3.63, 3.8) is 0 Å². The Bertz CT molecular complexity index is 574. The fraction of sp³-hybridized carbons (Fsp3) is 0.500. The molecular weight excluding hydrogens is 234 g/mol. The first-order valence-electron chi connectivity index (χ1n) is 5.73. The molecule has 0 atom stereocenters. The van der Waals surface area contributed by atoms with Gasteiger partial charge in [-0.2, -0.15) is 9.90 Å². The summed E-state index contributed by atoms with van der Waals surface area (Å²) in [5.74, 6) is 0.460. The van der Waals surface area contributed by atoms with Crippen molar-refractivity contribution in [1.29, 1.82) is 0 Å². The number of nitrogens with zero attached hydrogens (tertiary/aromatic N) is 6. The van der Waals surface area contributed by atoms with Crippen molar-refractivity contribution >= 4 is 5.69 Å². The zero-order valence-electron chi connectivity index (χ0n) is 10.4. The number of rotatable bonds is 5. The number of hydrogen-bond acceptors (Lipinski definition) is 6. The van der Waals surface area contributed by atoms with Crippen LogP contribution in [0, 0.1) is 0 Å². The van der Waals surface area contributed by atoms with Crippen LogP contribution in [-0.2, 0) is 13.6 Å². The second kappa shape index (κ2) is 5.39. The predicted octanol–water partition coefficient (Wildman–Crippen LogP) is -0.363. The Morgan fingerprint density at radius 2 is 2.28 bits per heavy atom. The fourth-order valence-corrected chi connectivity index (χ4v) is 1.44. The zero-order valence-corrected chi connectivity index (χ0v) is 10.4. The number of anilines is 1. The Morgan fingerprint density at radius 1 is 1.44 bits per heavy atom. The molecule has 8 heteroatoms. The van der Waals surface area contributed by atoms with Crippen molar-refractivity contribution in [2.45, 2.75) is 19.9 Å². The van der Waals surface area contributed by atoms with Gasteiger partial charge in [0.2, 0.25) is 0 Å². The summed E-state index contributed by atoms with van der Waals surface area (Å²) in [5, 5.41) is 18.7. The minimum atomic E-state index is -0.191. The molecule has 2 rings (SSSR count). The van der Waals surface area contributed by atoms with Gasteiger partial charge < -0.3 is 5.32 Å². The second-order valence-electron chi connectivity index (χ2n) is 3.86. The lowest BCUT2D eigenvalue weighted by molar-refractivity contribution is 0.601. The highest BCUT2D eigenvalue weighted by molar-refractivity contribution is 5.38. The predicted molar refractivity (Wildman–Crippen MR) is 65.2 cm³/mol. The summed E-state index contributed by atoms with van der Waals surface area (Å²) in [5.41, 5.74) is 0.536. The van der Waals surface area contributed by atoms with Gasteiger partial charge >= 0.3 is 0 Å². The van der Waals surface area contributed by atoms with E-state index in [1.807, 2.05) is 0 Å². The molecule has 1 N–H and O–H groups in total. The van der Waals surface area contributed by atoms with Gasteiger partial charge in [0.05, 0.1) is 18.9 Å². The maximum Gasteiger partial charge on any atom is 0.269 e. The summed E-state index contributed by atoms with van der Waals surface area (Å²) < 4.78 is 1.30. The highest BCUT2D eigenvalue weighted by atomic mass is 16.1. The lowest BCUT2D eigenvalue weighted by atomic mass is 10.4. The first kappa shape index (κ1) is 12.2. The summed E-state index contributed by atoms with van der Waals surface area (Å²) >= 11 is 0. The van der Waals surface area contributed by atoms with E-state index in [9.17, 15) is 4.79 Å². The van der Waals surface area contributed by atoms with Gasteiger partial charge in [0, 0.05) is 12.6 Å². The first-order valence-corrected chi connectivity index (χ1v) is 5.73. The number of hydrogen-bond donors (Lipinski definition) is 1. The molecule has 0 aliphatic carbocycles. The molecule has 2 heterocycles. The second-order valence-corrected chi connectivity index (χ2v) is 3.86. The molecule has 0 saturated heterocycles. The third-order valence-corrected chi connectivity index (χ3v) is 2.29. The van der Waals surface area contributed by atoms with E-state index < -0.39 is 0 Å². The quantitative estimate of drug-likeness (QED) is 0.778. The molecule has 0 bridgehead atoms. The Labute approximate surface area is 104 Å². The van der Waals surface area contributed by atoms with Gasteiger partial charge in [-0.15, -0.1) is 10.2 Å². The number of aromatic nitrogens is 6. The van der Waals surface area contributed by atoms with Crippen molar-refractivity contribution in [1.82, 2.24) is 30.0 Å². The van der Waals surface area contributed by atoms with Crippen LogP contribution in [0.15, 0.2) is 17.1 Å². The third kappa shape index (κ3) is 2.90. The molecule has 8 nitrogen and oxygen atoms in total. The number of nitrogens with one attached hydrogen (secondary N) is 1. The Kier molecular flexibility index (Phi) is 3.66. The Morgan fingerprint density at radius 3 is 2.89 bits per heavy atom. The highest BCUT2D eigenvalue weighted by Crippen LogP contribution is 2.00. The average molecular weight is 249 g/mol. The lowest BCUT2D eigenvalue weighted by Gasteiger charge is -2.05. The van der Waals surface area contributed by atoms with E-state index in [1.165, 1.54) is 15.5 Å². The van der Waals surface area contributed by atoms with E-state index in [0.29, 0.717) is 5.82 Å². The van der Waals surface area contributed by atoms with E-state index >= 15 is 0 Å². The molecule has 0 aliphatic heterocycles. The van der Waals surface area contributed by atoms with Gasteiger partial charge in [-0.05, 0) is 11.6 Å². The van der Waals surface area contributed by atoms with Gasteiger partial charge in [-0.25, -0.2) is 4.68 Å². The van der Waals surface area contributed by atoms with Crippen molar-refractivity contribution < 1.29 is 0 Å². The van der Waals surface area contributed by atoms with Gasteiger partial charge in [0.25, 0.3) is 5.56 Å². The first-order chi connectivity index (χ1) is 8.69. The molecule has 0 amide bonds. The monoisotopic (exact) mass is 249 g/mol. The SMILES string of the molecule is CCCNc1cnn(Cc2nnn(C)n2)c(=O)c1. The maximum absolute atomic E-state index is 11.8. The fourth-order valence-electron chi connectivity index (χ4n) is 1.44. The van der Waals surface area contributed by atoms with E-state index in [4.69, 9.17) is 0 Å². The van der Waals surface area contributed by atoms with Crippen molar-refractivity contribution in [3.05, 3.63) is 28.4 Å². The molecular formula is C10H15N7O. The number of tetrazole rings is 1. The van der Waals surface area contributed by atoms with Crippen molar-refractivity contribution in [3.8, 4) is 0 Å². The summed E-state index contributed by atoms with van der Waals surface area (Å²) in [7, 11) is 1.67. The smallest absolute Gasteiger partial charge is 0.269 e. The standard InChI is InChI=1S/C10H15N7O/c1-3-4-11-8-5-10(18)17(12-6-8)7-9-13-15-16(2)14-9/h5-6,11H,3-4,7H2,1-2H3. The van der Waals surface area contributed by atoms with Crippen LogP contribution in [0.2, 0.25) is 0 Å². The van der Waals surface area contributed by atoms with Crippen LogP contribution in [0.1, 0.15) is 19.2 Å². The summed E-state index contributed by atoms with van der Waals surface area (Å²) in [6, 6.07) is 1.51. The van der Waals surface area contributed by atoms with E-state index in [2.05, 4.69) is 32.7 Å². The maximum atomic E-state index is 11.8. The summed E-state index contributed by atoms with van der Waals surface area (Å²) in [4.78, 5) is 13.1. The number of aryl methyl sites for hydroxylation is 1. The van der Waals surface area contributed by atoms with Crippen LogP contribution in [0.25, 0.3) is 0 Å². The van der Waals surface area contributed by atoms with Gasteiger partial charge in [-0.3, -0.25) is 4.79 Å². The van der Waals surface area contributed by atoms with Crippen molar-refractivity contribution in [2.75, 3.05) is 11.9 Å². The summed E-state index contributed by atoms with van der Waals surface area (Å²) in [6.07, 6.45) is 2.61. The van der Waals surface area contributed by atoms with Gasteiger partial charge in [0.1, 0.15) is 6.54 Å². The van der Waals surface area contributed by atoms with Gasteiger partial charge in [-0.1, -0.05) is 6.92 Å². The molecule has 96 valence electrons. The lowest BCUT2D eigenvalue weighted by Crippen LogP contribution is -2.23.